The fraction of sp³-hybridized carbons (Fsp3) is 0.353. The SMILES string of the molecule is CO[C@@H]1C[C@H](CNc2cc(-n3ccnc3)ncn2)N(c2ccncn2)C1. The molecule has 2 atom stereocenters. The van der Waals surface area contributed by atoms with Crippen molar-refractivity contribution in [2.45, 2.75) is 18.6 Å². The molecule has 1 aliphatic heterocycles. The van der Waals surface area contributed by atoms with Crippen LogP contribution in [0.1, 0.15) is 6.42 Å². The highest BCUT2D eigenvalue weighted by atomic mass is 16.5. The number of aromatic nitrogens is 6. The van der Waals surface area contributed by atoms with Gasteiger partial charge in [0.1, 0.15) is 36.4 Å². The van der Waals surface area contributed by atoms with Crippen LogP contribution in [0, 0.1) is 0 Å². The van der Waals surface area contributed by atoms with Gasteiger partial charge >= 0.3 is 0 Å². The highest BCUT2D eigenvalue weighted by Gasteiger charge is 2.32. The summed E-state index contributed by atoms with van der Waals surface area (Å²) < 4.78 is 7.41. The molecule has 1 aliphatic rings. The lowest BCUT2D eigenvalue weighted by Crippen LogP contribution is -2.35. The van der Waals surface area contributed by atoms with Gasteiger partial charge in [0.25, 0.3) is 0 Å². The number of nitrogens with one attached hydrogen (secondary N) is 1. The van der Waals surface area contributed by atoms with Crippen LogP contribution in [0.25, 0.3) is 5.82 Å². The standard InChI is InChI=1S/C17H20N8O/c1-26-14-6-13(25(9-14)16-2-3-18-10-22-16)8-20-15-7-17(23-11-21-15)24-5-4-19-12-24/h2-5,7,10-14H,6,8-9H2,1H3,(H,20,21,23)/t13-,14-/m1/s1. The van der Waals surface area contributed by atoms with E-state index in [9.17, 15) is 0 Å². The minimum atomic E-state index is 0.184. The topological polar surface area (TPSA) is 93.9 Å². The summed E-state index contributed by atoms with van der Waals surface area (Å²) in [5.74, 6) is 2.45. The molecule has 4 rings (SSSR count). The van der Waals surface area contributed by atoms with E-state index in [0.29, 0.717) is 0 Å². The Balaban J connectivity index is 1.47. The Bertz CT molecular complexity index is 826. The molecule has 1 fully saturated rings. The number of hydrogen-bond acceptors (Lipinski definition) is 8. The summed E-state index contributed by atoms with van der Waals surface area (Å²) in [5, 5.41) is 3.41. The van der Waals surface area contributed by atoms with Crippen molar-refractivity contribution in [1.82, 2.24) is 29.5 Å². The summed E-state index contributed by atoms with van der Waals surface area (Å²) in [6, 6.07) is 4.08. The molecule has 1 saturated heterocycles. The van der Waals surface area contributed by atoms with Gasteiger partial charge < -0.3 is 15.0 Å². The Hall–Kier alpha value is -3.07. The molecule has 1 N–H and O–H groups in total. The van der Waals surface area contributed by atoms with E-state index in [1.807, 2.05) is 22.9 Å². The van der Waals surface area contributed by atoms with Crippen molar-refractivity contribution in [2.24, 2.45) is 0 Å². The quantitative estimate of drug-likeness (QED) is 0.706. The van der Waals surface area contributed by atoms with Crippen LogP contribution in [0.4, 0.5) is 11.6 Å². The summed E-state index contributed by atoms with van der Waals surface area (Å²) in [6.07, 6.45) is 11.3. The molecule has 0 amide bonds. The normalized spacial score (nSPS) is 19.7. The average Bonchev–Trinajstić information content (AvgIpc) is 3.37. The zero-order valence-corrected chi connectivity index (χ0v) is 14.4. The van der Waals surface area contributed by atoms with Crippen molar-refractivity contribution < 1.29 is 4.74 Å². The molecule has 0 aliphatic carbocycles. The summed E-state index contributed by atoms with van der Waals surface area (Å²) in [6.45, 7) is 1.54. The average molecular weight is 352 g/mol. The fourth-order valence-electron chi connectivity index (χ4n) is 3.17. The van der Waals surface area contributed by atoms with Gasteiger partial charge in [-0.25, -0.2) is 24.9 Å². The molecule has 3 aromatic heterocycles. The van der Waals surface area contributed by atoms with Crippen LogP contribution in [0.2, 0.25) is 0 Å². The predicted molar refractivity (Wildman–Crippen MR) is 96.2 cm³/mol. The van der Waals surface area contributed by atoms with Crippen molar-refractivity contribution in [2.75, 3.05) is 30.4 Å². The highest BCUT2D eigenvalue weighted by Crippen LogP contribution is 2.25. The lowest BCUT2D eigenvalue weighted by Gasteiger charge is -2.25. The summed E-state index contributed by atoms with van der Waals surface area (Å²) >= 11 is 0. The van der Waals surface area contributed by atoms with Crippen LogP contribution in [-0.2, 0) is 4.74 Å². The Kier molecular flexibility index (Phi) is 4.69. The Morgan fingerprint density at radius 2 is 2.08 bits per heavy atom. The van der Waals surface area contributed by atoms with E-state index >= 15 is 0 Å². The van der Waals surface area contributed by atoms with E-state index in [-0.39, 0.29) is 12.1 Å². The van der Waals surface area contributed by atoms with Crippen molar-refractivity contribution >= 4 is 11.6 Å². The van der Waals surface area contributed by atoms with Crippen LogP contribution in [-0.4, -0.2) is 61.8 Å². The van der Waals surface area contributed by atoms with Crippen LogP contribution in [0.5, 0.6) is 0 Å². The third-order valence-corrected chi connectivity index (χ3v) is 4.51. The van der Waals surface area contributed by atoms with Crippen LogP contribution in [0.3, 0.4) is 0 Å². The lowest BCUT2D eigenvalue weighted by molar-refractivity contribution is 0.118. The van der Waals surface area contributed by atoms with E-state index in [2.05, 4.69) is 35.1 Å². The molecule has 0 radical (unpaired) electrons. The molecule has 0 aromatic carbocycles. The van der Waals surface area contributed by atoms with Gasteiger partial charge in [0.15, 0.2) is 0 Å². The van der Waals surface area contributed by atoms with E-state index in [4.69, 9.17) is 4.74 Å². The van der Waals surface area contributed by atoms with Gasteiger partial charge in [0, 0.05) is 44.9 Å². The van der Waals surface area contributed by atoms with Gasteiger partial charge in [-0.3, -0.25) is 4.57 Å². The van der Waals surface area contributed by atoms with Gasteiger partial charge in [0.05, 0.1) is 12.1 Å². The van der Waals surface area contributed by atoms with Crippen molar-refractivity contribution in [3.8, 4) is 5.82 Å². The lowest BCUT2D eigenvalue weighted by atomic mass is 10.2. The minimum Gasteiger partial charge on any atom is -0.380 e. The fourth-order valence-corrected chi connectivity index (χ4v) is 3.17. The first-order valence-corrected chi connectivity index (χ1v) is 8.43. The molecule has 9 nitrogen and oxygen atoms in total. The van der Waals surface area contributed by atoms with Crippen molar-refractivity contribution in [3.63, 3.8) is 0 Å². The van der Waals surface area contributed by atoms with E-state index in [1.165, 1.54) is 0 Å². The van der Waals surface area contributed by atoms with Crippen LogP contribution >= 0.6 is 0 Å². The number of hydrogen-bond donors (Lipinski definition) is 1. The molecule has 134 valence electrons. The van der Waals surface area contributed by atoms with Crippen molar-refractivity contribution in [3.05, 3.63) is 49.7 Å². The molecule has 0 unspecified atom stereocenters. The Morgan fingerprint density at radius 1 is 1.15 bits per heavy atom. The molecular formula is C17H20N8O. The molecular weight excluding hydrogens is 332 g/mol. The number of methoxy groups -OCH3 is 1. The van der Waals surface area contributed by atoms with E-state index < -0.39 is 0 Å². The van der Waals surface area contributed by atoms with Gasteiger partial charge in [-0.1, -0.05) is 0 Å². The first kappa shape index (κ1) is 16.4. The Labute approximate surface area is 151 Å². The molecule has 4 heterocycles. The summed E-state index contributed by atoms with van der Waals surface area (Å²) in [5.41, 5.74) is 0. The number of ether oxygens (including phenoxy) is 1. The first-order chi connectivity index (χ1) is 12.8. The predicted octanol–water partition coefficient (Wildman–Crippen LogP) is 1.16. The molecule has 0 spiro atoms. The molecule has 26 heavy (non-hydrogen) atoms. The summed E-state index contributed by atoms with van der Waals surface area (Å²) in [7, 11) is 1.75. The maximum absolute atomic E-state index is 5.56. The number of rotatable bonds is 6. The molecule has 9 heteroatoms. The highest BCUT2D eigenvalue weighted by molar-refractivity contribution is 5.44. The van der Waals surface area contributed by atoms with Crippen LogP contribution in [0.15, 0.2) is 49.7 Å². The minimum absolute atomic E-state index is 0.184. The number of nitrogens with zero attached hydrogens (tertiary/aromatic N) is 7. The monoisotopic (exact) mass is 352 g/mol. The maximum Gasteiger partial charge on any atom is 0.143 e. The summed E-state index contributed by atoms with van der Waals surface area (Å²) in [4.78, 5) is 23.3. The second-order valence-electron chi connectivity index (χ2n) is 6.08. The maximum atomic E-state index is 5.56. The zero-order chi connectivity index (χ0) is 17.8. The van der Waals surface area contributed by atoms with E-state index in [1.54, 1.807) is 38.5 Å². The number of imidazole rings is 1. The van der Waals surface area contributed by atoms with E-state index in [0.717, 1.165) is 37.0 Å². The molecule has 3 aromatic rings. The van der Waals surface area contributed by atoms with Gasteiger partial charge in [-0.15, -0.1) is 0 Å². The largest absolute Gasteiger partial charge is 0.380 e. The third-order valence-electron chi connectivity index (χ3n) is 4.51. The van der Waals surface area contributed by atoms with Gasteiger partial charge in [-0.2, -0.15) is 0 Å². The number of anilines is 2. The van der Waals surface area contributed by atoms with Gasteiger partial charge in [0.2, 0.25) is 0 Å². The second-order valence-corrected chi connectivity index (χ2v) is 6.08. The first-order valence-electron chi connectivity index (χ1n) is 8.43. The van der Waals surface area contributed by atoms with Gasteiger partial charge in [-0.05, 0) is 12.5 Å². The molecule has 0 bridgehead atoms. The zero-order valence-electron chi connectivity index (χ0n) is 14.4. The van der Waals surface area contributed by atoms with Crippen LogP contribution < -0.4 is 10.2 Å². The van der Waals surface area contributed by atoms with Crippen molar-refractivity contribution in [1.29, 1.82) is 0 Å². The molecule has 0 saturated carbocycles. The second kappa shape index (κ2) is 7.44. The smallest absolute Gasteiger partial charge is 0.143 e. The Morgan fingerprint density at radius 3 is 2.85 bits per heavy atom. The third kappa shape index (κ3) is 3.47.